The maximum atomic E-state index is 10.1. The minimum absolute atomic E-state index is 0.0347. The second-order valence-electron chi connectivity index (χ2n) is 7.53. The van der Waals surface area contributed by atoms with Crippen LogP contribution in [0, 0.1) is 0 Å². The molecule has 0 saturated carbocycles. The summed E-state index contributed by atoms with van der Waals surface area (Å²) in [5, 5.41) is 27.5. The Balaban J connectivity index is 0.000000528. The predicted molar refractivity (Wildman–Crippen MR) is 185 cm³/mol. The highest BCUT2D eigenvalue weighted by molar-refractivity contribution is 8.76. The molecule has 3 aromatic rings. The van der Waals surface area contributed by atoms with Crippen LogP contribution in [0.5, 0.6) is 17.2 Å². The third kappa shape index (κ3) is 20.9. The highest BCUT2D eigenvalue weighted by Crippen LogP contribution is 2.18. The number of hydrogen-bond donors (Lipinski definition) is 7. The van der Waals surface area contributed by atoms with E-state index in [0.29, 0.717) is 24.9 Å². The fourth-order valence-corrected chi connectivity index (χ4v) is 4.38. The molecule has 224 valence electrons. The highest BCUT2D eigenvalue weighted by Gasteiger charge is 1.94. The van der Waals surface area contributed by atoms with Gasteiger partial charge in [-0.25, -0.2) is 0 Å². The van der Waals surface area contributed by atoms with Gasteiger partial charge in [0, 0.05) is 72.7 Å². The maximum absolute atomic E-state index is 10.1. The van der Waals surface area contributed by atoms with Crippen molar-refractivity contribution in [3.8, 4) is 17.2 Å². The van der Waals surface area contributed by atoms with Crippen molar-refractivity contribution in [2.75, 3.05) is 49.2 Å². The van der Waals surface area contributed by atoms with Crippen LogP contribution >= 0.6 is 46.8 Å². The summed E-state index contributed by atoms with van der Waals surface area (Å²) in [4.78, 5) is 18.2. The second-order valence-corrected chi connectivity index (χ2v) is 11.1. The lowest BCUT2D eigenvalue weighted by molar-refractivity contribution is 0.112. The monoisotopic (exact) mass is 636 g/mol. The van der Waals surface area contributed by atoms with Crippen molar-refractivity contribution in [2.45, 2.75) is 0 Å². The molecule has 0 amide bonds. The molecule has 0 fully saturated rings. The van der Waals surface area contributed by atoms with Crippen molar-refractivity contribution < 1.29 is 20.1 Å². The number of aliphatic imine (C=N–C) groups is 2. The van der Waals surface area contributed by atoms with E-state index in [1.165, 1.54) is 6.07 Å². The number of carbonyl (C=O) groups excluding carboxylic acids is 1. The molecule has 0 aliphatic carbocycles. The Morgan fingerprint density at radius 1 is 0.634 bits per heavy atom. The van der Waals surface area contributed by atoms with Gasteiger partial charge in [0.15, 0.2) is 6.29 Å². The molecule has 0 heterocycles. The fraction of sp³-hybridized carbons (Fsp3) is 0.276. The van der Waals surface area contributed by atoms with Crippen LogP contribution in [0.25, 0.3) is 0 Å². The molecule has 0 radical (unpaired) electrons. The summed E-state index contributed by atoms with van der Waals surface area (Å²) in [7, 11) is 3.58. The van der Waals surface area contributed by atoms with Gasteiger partial charge in [-0.2, -0.15) is 25.3 Å². The summed E-state index contributed by atoms with van der Waals surface area (Å²) in [5.74, 6) is 4.08. The number of hydrogen-bond acceptors (Lipinski definition) is 12. The Hall–Kier alpha value is -2.61. The molecule has 0 bridgehead atoms. The Bertz CT molecular complexity index is 1070. The first-order valence-corrected chi connectivity index (χ1v) is 16.3. The molecule has 12 heteroatoms. The van der Waals surface area contributed by atoms with Gasteiger partial charge in [0.25, 0.3) is 0 Å². The van der Waals surface area contributed by atoms with Gasteiger partial charge < -0.3 is 26.8 Å². The lowest BCUT2D eigenvalue weighted by Gasteiger charge is -1.95. The average Bonchev–Trinajstić information content (AvgIpc) is 2.99. The third-order valence-electron chi connectivity index (χ3n) is 4.34. The molecular weight excluding hydrogens is 597 g/mol. The highest BCUT2D eigenvalue weighted by atomic mass is 33.1. The van der Waals surface area contributed by atoms with Crippen LogP contribution in [0.1, 0.15) is 21.5 Å². The second kappa shape index (κ2) is 27.6. The fourth-order valence-electron chi connectivity index (χ4n) is 2.44. The number of para-hydroxylation sites is 3. The first-order valence-electron chi connectivity index (χ1n) is 12.6. The van der Waals surface area contributed by atoms with Crippen LogP contribution in [-0.2, 0) is 0 Å². The Labute approximate surface area is 262 Å². The smallest absolute Gasteiger partial charge is 0.153 e. The van der Waals surface area contributed by atoms with Gasteiger partial charge in [-0.3, -0.25) is 14.8 Å². The quantitative estimate of drug-likeness (QED) is 0.0483. The van der Waals surface area contributed by atoms with Crippen LogP contribution < -0.4 is 11.5 Å². The van der Waals surface area contributed by atoms with Crippen molar-refractivity contribution in [1.29, 1.82) is 0 Å². The Morgan fingerprint density at radius 3 is 1.24 bits per heavy atom. The summed E-state index contributed by atoms with van der Waals surface area (Å²) >= 11 is 8.03. The molecule has 0 atom stereocenters. The van der Waals surface area contributed by atoms with Gasteiger partial charge in [-0.15, -0.1) is 0 Å². The van der Waals surface area contributed by atoms with E-state index in [1.54, 1.807) is 76.5 Å². The first-order chi connectivity index (χ1) is 19.9. The number of nitrogens with two attached hydrogens (primary N) is 2. The van der Waals surface area contributed by atoms with E-state index >= 15 is 0 Å². The molecule has 0 unspecified atom stereocenters. The van der Waals surface area contributed by atoms with Crippen molar-refractivity contribution in [3.05, 3.63) is 89.5 Å². The zero-order chi connectivity index (χ0) is 30.6. The minimum Gasteiger partial charge on any atom is -0.507 e. The summed E-state index contributed by atoms with van der Waals surface area (Å²) < 4.78 is 0. The normalized spacial score (nSPS) is 10.1. The number of thiol groups is 2. The standard InChI is InChI=1S/2C9H11NOS.C7H6O2.C4H12N2S2/c2*11-9-4-2-1-3-8(9)7-10-5-6-12;8-5-6-3-1-2-4-7(6)9;5-1-3-7-8-4-2-6/h2*1-4,7,11-12H,5-6H2;1-5,9H;1-6H2. The lowest BCUT2D eigenvalue weighted by Crippen LogP contribution is -2.02. The number of aromatic hydroxyl groups is 3. The van der Waals surface area contributed by atoms with Gasteiger partial charge in [0.05, 0.1) is 5.56 Å². The number of nitrogens with zero attached hydrogens (tertiary/aromatic N) is 2. The van der Waals surface area contributed by atoms with Crippen LogP contribution in [0.15, 0.2) is 82.8 Å². The molecule has 0 aliphatic heterocycles. The zero-order valence-corrected chi connectivity index (χ0v) is 26.2. The number of phenolic OH excluding ortho intramolecular Hbond substituents is 3. The van der Waals surface area contributed by atoms with Crippen molar-refractivity contribution in [2.24, 2.45) is 21.5 Å². The van der Waals surface area contributed by atoms with Crippen molar-refractivity contribution >= 4 is 65.6 Å². The molecule has 0 aliphatic rings. The van der Waals surface area contributed by atoms with Crippen LogP contribution in [-0.4, -0.2) is 83.2 Å². The average molecular weight is 637 g/mol. The molecule has 3 aromatic carbocycles. The predicted octanol–water partition coefficient (Wildman–Crippen LogP) is 4.97. The number of aldehydes is 1. The first kappa shape index (κ1) is 38.4. The van der Waals surface area contributed by atoms with Crippen LogP contribution in [0.2, 0.25) is 0 Å². The molecule has 8 nitrogen and oxygen atoms in total. The molecule has 0 saturated heterocycles. The minimum atomic E-state index is 0.0347. The summed E-state index contributed by atoms with van der Waals surface area (Å²) in [6, 6.07) is 20.6. The summed E-state index contributed by atoms with van der Waals surface area (Å²) in [6.45, 7) is 2.89. The molecule has 3 rings (SSSR count). The van der Waals surface area contributed by atoms with Gasteiger partial charge in [-0.1, -0.05) is 58.0 Å². The third-order valence-corrected chi connectivity index (χ3v) is 7.21. The van der Waals surface area contributed by atoms with E-state index in [-0.39, 0.29) is 17.2 Å². The molecule has 7 N–H and O–H groups in total. The molecule has 0 aromatic heterocycles. The van der Waals surface area contributed by atoms with Crippen LogP contribution in [0.4, 0.5) is 0 Å². The van der Waals surface area contributed by atoms with Gasteiger partial charge in [0.2, 0.25) is 0 Å². The van der Waals surface area contributed by atoms with E-state index in [1.807, 2.05) is 24.3 Å². The maximum Gasteiger partial charge on any atom is 0.153 e. The Morgan fingerprint density at radius 2 is 0.976 bits per heavy atom. The largest absolute Gasteiger partial charge is 0.507 e. The number of phenols is 3. The van der Waals surface area contributed by atoms with E-state index in [2.05, 4.69) is 35.2 Å². The molecule has 0 spiro atoms. The Kier molecular flexibility index (Phi) is 25.8. The van der Waals surface area contributed by atoms with E-state index in [4.69, 9.17) is 16.6 Å². The number of benzene rings is 3. The summed E-state index contributed by atoms with van der Waals surface area (Å²) in [5.41, 5.74) is 12.3. The number of rotatable bonds is 12. The van der Waals surface area contributed by atoms with E-state index in [0.717, 1.165) is 47.2 Å². The topological polar surface area (TPSA) is 155 Å². The number of carbonyl (C=O) groups is 1. The van der Waals surface area contributed by atoms with Crippen LogP contribution in [0.3, 0.4) is 0 Å². The lowest BCUT2D eigenvalue weighted by atomic mass is 10.2. The zero-order valence-electron chi connectivity index (χ0n) is 22.8. The van der Waals surface area contributed by atoms with Gasteiger partial charge in [-0.05, 0) is 36.4 Å². The van der Waals surface area contributed by atoms with E-state index < -0.39 is 0 Å². The van der Waals surface area contributed by atoms with Gasteiger partial charge >= 0.3 is 0 Å². The summed E-state index contributed by atoms with van der Waals surface area (Å²) in [6.07, 6.45) is 3.94. The van der Waals surface area contributed by atoms with Crippen molar-refractivity contribution in [3.63, 3.8) is 0 Å². The molecular formula is C29H40N4O4S4. The van der Waals surface area contributed by atoms with Gasteiger partial charge in [0.1, 0.15) is 17.2 Å². The SMILES string of the molecule is NCCSSCCN.O=Cc1ccccc1O.Oc1ccccc1C=NCCS.Oc1ccccc1C=NCCS. The van der Waals surface area contributed by atoms with E-state index in [9.17, 15) is 15.0 Å². The molecule has 41 heavy (non-hydrogen) atoms. The van der Waals surface area contributed by atoms with Crippen molar-refractivity contribution in [1.82, 2.24) is 0 Å².